The minimum absolute atomic E-state index is 0.135. The Kier molecular flexibility index (Phi) is 2.54. The van der Waals surface area contributed by atoms with Crippen molar-refractivity contribution in [2.24, 2.45) is 5.73 Å². The highest BCUT2D eigenvalue weighted by Gasteiger charge is 2.11. The molecule has 0 unspecified atom stereocenters. The van der Waals surface area contributed by atoms with Gasteiger partial charge in [0.25, 0.3) is 12.0 Å². The van der Waals surface area contributed by atoms with E-state index in [9.17, 15) is 13.6 Å². The van der Waals surface area contributed by atoms with Gasteiger partial charge in [0.2, 0.25) is 0 Å². The molecule has 66 valence electrons. The highest BCUT2D eigenvalue weighted by Crippen LogP contribution is 2.14. The van der Waals surface area contributed by atoms with Crippen LogP contribution in [0.2, 0.25) is 0 Å². The number of pyridine rings is 1. The number of nitrogens with one attached hydrogen (secondary N) is 1. The van der Waals surface area contributed by atoms with Gasteiger partial charge in [0.15, 0.2) is 0 Å². The molecule has 0 spiro atoms. The molecule has 0 saturated carbocycles. The van der Waals surface area contributed by atoms with Crippen LogP contribution in [0.4, 0.5) is 8.78 Å². The van der Waals surface area contributed by atoms with Gasteiger partial charge in [0.05, 0.1) is 5.56 Å². The molecule has 1 aromatic rings. The summed E-state index contributed by atoms with van der Waals surface area (Å²) in [6.07, 6.45) is -1.42. The van der Waals surface area contributed by atoms with Gasteiger partial charge in [0, 0.05) is 12.7 Å². The molecule has 0 aromatic carbocycles. The average Bonchev–Trinajstić information content (AvgIpc) is 2.05. The number of rotatable bonds is 2. The number of H-pyrrole nitrogens is 1. The van der Waals surface area contributed by atoms with E-state index >= 15 is 0 Å². The Balaban J connectivity index is 3.17. The van der Waals surface area contributed by atoms with E-state index in [1.807, 2.05) is 0 Å². The quantitative estimate of drug-likeness (QED) is 0.695. The fourth-order valence-electron chi connectivity index (χ4n) is 0.828. The van der Waals surface area contributed by atoms with Crippen LogP contribution < -0.4 is 11.3 Å². The van der Waals surface area contributed by atoms with E-state index in [0.717, 1.165) is 6.07 Å². The van der Waals surface area contributed by atoms with Gasteiger partial charge in [-0.25, -0.2) is 8.78 Å². The second-order valence-electron chi connectivity index (χ2n) is 2.30. The van der Waals surface area contributed by atoms with Crippen LogP contribution in [0.5, 0.6) is 0 Å². The molecule has 0 aliphatic carbocycles. The van der Waals surface area contributed by atoms with Gasteiger partial charge in [-0.05, 0) is 11.6 Å². The van der Waals surface area contributed by atoms with Gasteiger partial charge in [-0.15, -0.1) is 0 Å². The fourth-order valence-corrected chi connectivity index (χ4v) is 0.828. The minimum atomic E-state index is -2.75. The maximum Gasteiger partial charge on any atom is 0.269 e. The molecule has 0 aliphatic heterocycles. The average molecular weight is 174 g/mol. The van der Waals surface area contributed by atoms with E-state index in [1.54, 1.807) is 0 Å². The van der Waals surface area contributed by atoms with Crippen LogP contribution in [0.25, 0.3) is 0 Å². The molecule has 1 heterocycles. The van der Waals surface area contributed by atoms with E-state index in [4.69, 9.17) is 5.73 Å². The highest BCUT2D eigenvalue weighted by atomic mass is 19.3. The van der Waals surface area contributed by atoms with Crippen molar-refractivity contribution in [1.29, 1.82) is 0 Å². The summed E-state index contributed by atoms with van der Waals surface area (Å²) < 4.78 is 24.2. The van der Waals surface area contributed by atoms with Gasteiger partial charge >= 0.3 is 0 Å². The maximum absolute atomic E-state index is 12.1. The minimum Gasteiger partial charge on any atom is -0.328 e. The maximum atomic E-state index is 12.1. The second-order valence-corrected chi connectivity index (χ2v) is 2.30. The normalized spacial score (nSPS) is 10.7. The molecule has 1 rings (SSSR count). The SMILES string of the molecule is NCc1c[nH]c(=O)c(C(F)F)c1. The zero-order valence-corrected chi connectivity index (χ0v) is 6.18. The second kappa shape index (κ2) is 3.44. The van der Waals surface area contributed by atoms with Crippen molar-refractivity contribution in [3.05, 3.63) is 33.7 Å². The molecule has 3 nitrogen and oxygen atoms in total. The third-order valence-corrected chi connectivity index (χ3v) is 1.46. The van der Waals surface area contributed by atoms with Gasteiger partial charge in [-0.3, -0.25) is 4.79 Å². The van der Waals surface area contributed by atoms with Crippen molar-refractivity contribution in [2.45, 2.75) is 13.0 Å². The number of nitrogens with two attached hydrogens (primary N) is 1. The Bertz CT molecular complexity index is 321. The van der Waals surface area contributed by atoms with Gasteiger partial charge in [-0.1, -0.05) is 0 Å². The third kappa shape index (κ3) is 1.68. The number of hydrogen-bond donors (Lipinski definition) is 2. The Labute approximate surface area is 67.2 Å². The number of halogens is 2. The van der Waals surface area contributed by atoms with Crippen LogP contribution in [0.3, 0.4) is 0 Å². The molecular weight excluding hydrogens is 166 g/mol. The first-order valence-electron chi connectivity index (χ1n) is 3.35. The van der Waals surface area contributed by atoms with Crippen LogP contribution in [0.15, 0.2) is 17.1 Å². The molecule has 0 bridgehead atoms. The molecule has 1 aromatic heterocycles. The molecule has 0 radical (unpaired) electrons. The number of alkyl halides is 2. The van der Waals surface area contributed by atoms with E-state index in [2.05, 4.69) is 4.98 Å². The standard InChI is InChI=1S/C7H8F2N2O/c8-6(9)5-1-4(2-10)3-11-7(5)12/h1,3,6H,2,10H2,(H,11,12). The monoisotopic (exact) mass is 174 g/mol. The lowest BCUT2D eigenvalue weighted by Crippen LogP contribution is -2.14. The molecule has 0 fully saturated rings. The molecule has 0 amide bonds. The van der Waals surface area contributed by atoms with E-state index in [0.29, 0.717) is 5.56 Å². The van der Waals surface area contributed by atoms with Gasteiger partial charge in [-0.2, -0.15) is 0 Å². The van der Waals surface area contributed by atoms with Crippen LogP contribution >= 0.6 is 0 Å². The molecule has 0 atom stereocenters. The van der Waals surface area contributed by atoms with Crippen LogP contribution in [0.1, 0.15) is 17.6 Å². The lowest BCUT2D eigenvalue weighted by atomic mass is 10.2. The van der Waals surface area contributed by atoms with Crippen molar-refractivity contribution < 1.29 is 8.78 Å². The smallest absolute Gasteiger partial charge is 0.269 e. The lowest BCUT2D eigenvalue weighted by Gasteiger charge is -2.00. The van der Waals surface area contributed by atoms with E-state index in [1.165, 1.54) is 6.20 Å². The number of hydrogen-bond acceptors (Lipinski definition) is 2. The summed E-state index contributed by atoms with van der Waals surface area (Å²) in [7, 11) is 0. The Morgan fingerprint density at radius 2 is 2.25 bits per heavy atom. The van der Waals surface area contributed by atoms with Gasteiger partial charge in [0.1, 0.15) is 0 Å². The first kappa shape index (κ1) is 8.86. The fraction of sp³-hybridized carbons (Fsp3) is 0.286. The summed E-state index contributed by atoms with van der Waals surface area (Å²) >= 11 is 0. The summed E-state index contributed by atoms with van der Waals surface area (Å²) in [6.45, 7) is 0.135. The highest BCUT2D eigenvalue weighted by molar-refractivity contribution is 5.18. The third-order valence-electron chi connectivity index (χ3n) is 1.46. The summed E-state index contributed by atoms with van der Waals surface area (Å²) in [5.41, 5.74) is 4.40. The largest absolute Gasteiger partial charge is 0.328 e. The number of aromatic nitrogens is 1. The zero-order chi connectivity index (χ0) is 9.14. The summed E-state index contributed by atoms with van der Waals surface area (Å²) in [5.74, 6) is 0. The Morgan fingerprint density at radius 1 is 1.58 bits per heavy atom. The predicted molar refractivity (Wildman–Crippen MR) is 39.9 cm³/mol. The Morgan fingerprint density at radius 3 is 2.75 bits per heavy atom. The van der Waals surface area contributed by atoms with E-state index < -0.39 is 17.5 Å². The van der Waals surface area contributed by atoms with Crippen molar-refractivity contribution in [3.63, 3.8) is 0 Å². The van der Waals surface area contributed by atoms with Crippen LogP contribution in [-0.4, -0.2) is 4.98 Å². The first-order chi connectivity index (χ1) is 5.65. The zero-order valence-electron chi connectivity index (χ0n) is 6.18. The Hall–Kier alpha value is -1.23. The predicted octanol–water partition coefficient (Wildman–Crippen LogP) is 0.771. The molecule has 12 heavy (non-hydrogen) atoms. The van der Waals surface area contributed by atoms with Gasteiger partial charge < -0.3 is 10.7 Å². The molecule has 3 N–H and O–H groups in total. The molecule has 0 saturated heterocycles. The number of aromatic amines is 1. The van der Waals surface area contributed by atoms with Crippen molar-refractivity contribution in [3.8, 4) is 0 Å². The molecule has 0 aliphatic rings. The summed E-state index contributed by atoms with van der Waals surface area (Å²) in [6, 6.07) is 1.11. The first-order valence-corrected chi connectivity index (χ1v) is 3.35. The molecular formula is C7H8F2N2O. The van der Waals surface area contributed by atoms with Crippen molar-refractivity contribution in [2.75, 3.05) is 0 Å². The van der Waals surface area contributed by atoms with Crippen molar-refractivity contribution >= 4 is 0 Å². The van der Waals surface area contributed by atoms with Crippen LogP contribution in [0, 0.1) is 0 Å². The lowest BCUT2D eigenvalue weighted by molar-refractivity contribution is 0.149. The topological polar surface area (TPSA) is 58.9 Å². The van der Waals surface area contributed by atoms with E-state index in [-0.39, 0.29) is 6.54 Å². The van der Waals surface area contributed by atoms with Crippen LogP contribution in [-0.2, 0) is 6.54 Å². The summed E-state index contributed by atoms with van der Waals surface area (Å²) in [4.78, 5) is 12.9. The molecule has 5 heteroatoms. The summed E-state index contributed by atoms with van der Waals surface area (Å²) in [5, 5.41) is 0. The van der Waals surface area contributed by atoms with Crippen molar-refractivity contribution in [1.82, 2.24) is 4.98 Å².